The molecule has 0 aromatic carbocycles. The fourth-order valence-electron chi connectivity index (χ4n) is 2.83. The Morgan fingerprint density at radius 2 is 2.06 bits per heavy atom. The monoisotopic (exact) mass is 467 g/mol. The van der Waals surface area contributed by atoms with Crippen LogP contribution in [0.5, 0.6) is 0 Å². The summed E-state index contributed by atoms with van der Waals surface area (Å²) in [6.07, 6.45) is 0.225. The van der Waals surface area contributed by atoms with E-state index in [9.17, 15) is 22.8 Å². The standard InChI is InChI=1S/C19H21F3N8O3/c1-10(17(31)26-8-19(20,21)22)28-14-5-13(18(32)24-3-4-33-2)29-16(30-14)12-7-25-15-11(12)6-23-9-27-15/h5-7,9-10H,3-4,8H2,1-2H3,(H,24,32)(H,26,31)(H,23,25,27)(H,28,29,30)/p+1/t10-/m0/s1. The molecular weight excluding hydrogens is 445 g/mol. The third-order valence-corrected chi connectivity index (χ3v) is 4.41. The van der Waals surface area contributed by atoms with E-state index in [0.29, 0.717) is 16.6 Å². The van der Waals surface area contributed by atoms with Gasteiger partial charge in [-0.3, -0.25) is 9.59 Å². The predicted octanol–water partition coefficient (Wildman–Crippen LogP) is 0.689. The summed E-state index contributed by atoms with van der Waals surface area (Å²) in [4.78, 5) is 43.2. The number of nitrogens with one attached hydrogen (secondary N) is 5. The number of amides is 2. The topological polar surface area (TPSA) is 148 Å². The van der Waals surface area contributed by atoms with Gasteiger partial charge in [0.25, 0.3) is 17.9 Å². The number of anilines is 1. The van der Waals surface area contributed by atoms with Gasteiger partial charge >= 0.3 is 6.18 Å². The Morgan fingerprint density at radius 3 is 2.79 bits per heavy atom. The molecule has 1 atom stereocenters. The summed E-state index contributed by atoms with van der Waals surface area (Å²) in [6.45, 7) is 0.435. The van der Waals surface area contributed by atoms with Gasteiger partial charge in [0.2, 0.25) is 5.91 Å². The zero-order valence-corrected chi connectivity index (χ0v) is 17.7. The Balaban J connectivity index is 1.90. The average molecular weight is 467 g/mol. The molecule has 0 aliphatic rings. The maximum Gasteiger partial charge on any atom is 0.405 e. The van der Waals surface area contributed by atoms with E-state index in [1.165, 1.54) is 26.4 Å². The van der Waals surface area contributed by atoms with Gasteiger partial charge in [-0.2, -0.15) is 13.2 Å². The highest BCUT2D eigenvalue weighted by Crippen LogP contribution is 2.25. The number of hydrogen-bond donors (Lipinski definition) is 4. The van der Waals surface area contributed by atoms with Crippen molar-refractivity contribution < 1.29 is 32.5 Å². The van der Waals surface area contributed by atoms with E-state index >= 15 is 0 Å². The number of H-pyrrole nitrogens is 2. The molecule has 0 saturated heterocycles. The van der Waals surface area contributed by atoms with Crippen LogP contribution < -0.4 is 20.9 Å². The summed E-state index contributed by atoms with van der Waals surface area (Å²) < 4.78 is 42.1. The van der Waals surface area contributed by atoms with E-state index in [2.05, 4.69) is 35.6 Å². The molecule has 176 valence electrons. The van der Waals surface area contributed by atoms with Gasteiger partial charge in [-0.15, -0.1) is 0 Å². The number of aromatic amines is 2. The van der Waals surface area contributed by atoms with Gasteiger partial charge in [0.15, 0.2) is 5.82 Å². The third-order valence-electron chi connectivity index (χ3n) is 4.41. The van der Waals surface area contributed by atoms with Crippen LogP contribution in [0.25, 0.3) is 22.4 Å². The number of rotatable bonds is 9. The van der Waals surface area contributed by atoms with E-state index in [4.69, 9.17) is 4.74 Å². The maximum atomic E-state index is 12.6. The summed E-state index contributed by atoms with van der Waals surface area (Å²) >= 11 is 0. The third kappa shape index (κ3) is 6.35. The second-order valence-electron chi connectivity index (χ2n) is 6.94. The zero-order chi connectivity index (χ0) is 24.0. The highest BCUT2D eigenvalue weighted by Gasteiger charge is 2.29. The quantitative estimate of drug-likeness (QED) is 0.339. The Kier molecular flexibility index (Phi) is 7.37. The summed E-state index contributed by atoms with van der Waals surface area (Å²) in [5.74, 6) is -1.18. The number of hydrogen-bond acceptors (Lipinski definition) is 7. The van der Waals surface area contributed by atoms with Crippen molar-refractivity contribution >= 4 is 28.7 Å². The minimum absolute atomic E-state index is 0.0104. The summed E-state index contributed by atoms with van der Waals surface area (Å²) in [7, 11) is 1.49. The van der Waals surface area contributed by atoms with Crippen LogP contribution in [0.4, 0.5) is 19.0 Å². The van der Waals surface area contributed by atoms with E-state index in [1.807, 2.05) is 0 Å². The molecule has 11 nitrogen and oxygen atoms in total. The van der Waals surface area contributed by atoms with Crippen LogP contribution in [0, 0.1) is 0 Å². The lowest BCUT2D eigenvalue weighted by atomic mass is 10.2. The van der Waals surface area contributed by atoms with Crippen molar-refractivity contribution in [3.8, 4) is 11.4 Å². The molecule has 3 heterocycles. The molecule has 5 N–H and O–H groups in total. The summed E-state index contributed by atoms with van der Waals surface area (Å²) in [6, 6.07) is 0.232. The van der Waals surface area contributed by atoms with Crippen LogP contribution in [-0.4, -0.2) is 70.8 Å². The second kappa shape index (κ2) is 10.2. The van der Waals surface area contributed by atoms with E-state index in [1.54, 1.807) is 17.7 Å². The molecule has 0 radical (unpaired) electrons. The summed E-state index contributed by atoms with van der Waals surface area (Å²) in [5.41, 5.74) is 1.07. The Labute approximate surface area is 185 Å². The highest BCUT2D eigenvalue weighted by molar-refractivity contribution is 5.95. The molecule has 3 rings (SSSR count). The van der Waals surface area contributed by atoms with E-state index < -0.39 is 30.6 Å². The van der Waals surface area contributed by atoms with Gasteiger partial charge < -0.3 is 25.7 Å². The van der Waals surface area contributed by atoms with Gasteiger partial charge in [0.1, 0.15) is 30.3 Å². The first-order valence-corrected chi connectivity index (χ1v) is 9.78. The van der Waals surface area contributed by atoms with Crippen LogP contribution in [0.3, 0.4) is 0 Å². The fraction of sp³-hybridized carbons (Fsp3) is 0.368. The Morgan fingerprint density at radius 1 is 1.27 bits per heavy atom. The SMILES string of the molecule is COCCNC(=O)c1cc(N[C@@H](C)C(=O)NCC(F)(F)F)nc(-c2c[nH]c3nc[nH+]cc23)n1. The van der Waals surface area contributed by atoms with Crippen molar-refractivity contribution in [2.24, 2.45) is 0 Å². The van der Waals surface area contributed by atoms with Gasteiger partial charge in [0, 0.05) is 25.9 Å². The molecule has 33 heavy (non-hydrogen) atoms. The number of ether oxygens (including phenoxy) is 1. The Hall–Kier alpha value is -3.81. The molecule has 0 fully saturated rings. The molecule has 0 bridgehead atoms. The first-order valence-electron chi connectivity index (χ1n) is 9.78. The van der Waals surface area contributed by atoms with E-state index in [-0.39, 0.29) is 30.5 Å². The van der Waals surface area contributed by atoms with Crippen molar-refractivity contribution in [2.45, 2.75) is 19.1 Å². The minimum atomic E-state index is -4.54. The lowest BCUT2D eigenvalue weighted by Crippen LogP contribution is -2.42. The normalized spacial score (nSPS) is 12.4. The molecule has 0 spiro atoms. The van der Waals surface area contributed by atoms with Crippen LogP contribution in [0.15, 0.2) is 24.8 Å². The minimum Gasteiger partial charge on any atom is -0.383 e. The fourth-order valence-corrected chi connectivity index (χ4v) is 2.83. The molecule has 0 aliphatic carbocycles. The number of aromatic nitrogens is 5. The first-order chi connectivity index (χ1) is 15.7. The molecule has 2 amide bonds. The lowest BCUT2D eigenvalue weighted by molar-refractivity contribution is -0.380. The Bertz CT molecular complexity index is 1130. The van der Waals surface area contributed by atoms with Gasteiger partial charge in [-0.25, -0.2) is 15.0 Å². The maximum absolute atomic E-state index is 12.6. The number of alkyl halides is 3. The molecule has 0 saturated carbocycles. The van der Waals surface area contributed by atoms with Crippen LogP contribution >= 0.6 is 0 Å². The average Bonchev–Trinajstić information content (AvgIpc) is 3.21. The zero-order valence-electron chi connectivity index (χ0n) is 17.7. The molecule has 14 heteroatoms. The first kappa shape index (κ1) is 23.8. The van der Waals surface area contributed by atoms with Gasteiger partial charge in [0.05, 0.1) is 17.6 Å². The smallest absolute Gasteiger partial charge is 0.383 e. The largest absolute Gasteiger partial charge is 0.405 e. The van der Waals surface area contributed by atoms with Crippen LogP contribution in [-0.2, 0) is 9.53 Å². The number of halogens is 3. The van der Waals surface area contributed by atoms with Gasteiger partial charge in [-0.05, 0) is 11.9 Å². The highest BCUT2D eigenvalue weighted by atomic mass is 19.4. The van der Waals surface area contributed by atoms with Crippen molar-refractivity contribution in [3.63, 3.8) is 0 Å². The molecule has 3 aromatic rings. The van der Waals surface area contributed by atoms with Gasteiger partial charge in [-0.1, -0.05) is 0 Å². The van der Waals surface area contributed by atoms with Crippen LogP contribution in [0.2, 0.25) is 0 Å². The number of carbonyl (C=O) groups excluding carboxylic acids is 2. The molecule has 0 aliphatic heterocycles. The van der Waals surface area contributed by atoms with Crippen molar-refractivity contribution in [1.82, 2.24) is 30.6 Å². The van der Waals surface area contributed by atoms with Crippen molar-refractivity contribution in [1.29, 1.82) is 0 Å². The van der Waals surface area contributed by atoms with E-state index in [0.717, 1.165) is 0 Å². The number of carbonyl (C=O) groups is 2. The van der Waals surface area contributed by atoms with Crippen LogP contribution in [0.1, 0.15) is 17.4 Å². The predicted molar refractivity (Wildman–Crippen MR) is 110 cm³/mol. The number of methoxy groups -OCH3 is 1. The molecule has 0 unspecified atom stereocenters. The number of nitrogens with zero attached hydrogens (tertiary/aromatic N) is 3. The number of fused-ring (bicyclic) bond motifs is 1. The molecule has 3 aromatic heterocycles. The van der Waals surface area contributed by atoms with Crippen molar-refractivity contribution in [3.05, 3.63) is 30.5 Å². The summed E-state index contributed by atoms with van der Waals surface area (Å²) in [5, 5.41) is 7.81. The molecular formula is C19H22F3N8O3+. The lowest BCUT2D eigenvalue weighted by Gasteiger charge is -2.16. The second-order valence-corrected chi connectivity index (χ2v) is 6.94. The van der Waals surface area contributed by atoms with Crippen molar-refractivity contribution in [2.75, 3.05) is 32.1 Å².